The average Bonchev–Trinajstić information content (AvgIpc) is 2.39. The number of nitrogens with one attached hydrogen (secondary N) is 1. The van der Waals surface area contributed by atoms with Crippen molar-refractivity contribution in [2.45, 2.75) is 39.5 Å². The van der Waals surface area contributed by atoms with Gasteiger partial charge in [0.2, 0.25) is 5.91 Å². The van der Waals surface area contributed by atoms with Crippen LogP contribution in [0, 0.1) is 6.92 Å². The van der Waals surface area contributed by atoms with Crippen LogP contribution in [-0.2, 0) is 11.2 Å². The zero-order chi connectivity index (χ0) is 13.4. The third kappa shape index (κ3) is 4.71. The molecule has 1 heterocycles. The second-order valence-electron chi connectivity index (χ2n) is 4.12. The van der Waals surface area contributed by atoms with Crippen LogP contribution in [0.3, 0.4) is 0 Å². The fourth-order valence-electron chi connectivity index (χ4n) is 1.62. The third-order valence-corrected chi connectivity index (χ3v) is 2.62. The highest BCUT2D eigenvalue weighted by Crippen LogP contribution is 2.17. The second-order valence-corrected chi connectivity index (χ2v) is 4.12. The van der Waals surface area contributed by atoms with E-state index in [1.807, 2.05) is 19.1 Å². The Morgan fingerprint density at radius 3 is 2.89 bits per heavy atom. The van der Waals surface area contributed by atoms with Gasteiger partial charge < -0.3 is 4.74 Å². The minimum atomic E-state index is -0.138. The van der Waals surface area contributed by atoms with Gasteiger partial charge in [-0.1, -0.05) is 6.92 Å². The first kappa shape index (κ1) is 14.4. The highest BCUT2D eigenvalue weighted by atomic mass is 16.5. The van der Waals surface area contributed by atoms with Crippen LogP contribution >= 0.6 is 0 Å². The van der Waals surface area contributed by atoms with E-state index < -0.39 is 0 Å². The lowest BCUT2D eigenvalue weighted by Crippen LogP contribution is -2.29. The summed E-state index contributed by atoms with van der Waals surface area (Å²) in [5.41, 5.74) is 4.09. The fraction of sp³-hybridized carbons (Fsp3) is 0.538. The second kappa shape index (κ2) is 7.66. The molecule has 0 aromatic carbocycles. The van der Waals surface area contributed by atoms with Crippen LogP contribution in [0.4, 0.5) is 0 Å². The van der Waals surface area contributed by atoms with E-state index in [0.29, 0.717) is 13.0 Å². The molecule has 18 heavy (non-hydrogen) atoms. The number of nitrogens with zero attached hydrogens (tertiary/aromatic N) is 1. The molecule has 1 aromatic heterocycles. The number of aryl methyl sites for hydroxylation is 2. The first-order valence-electron chi connectivity index (χ1n) is 6.26. The number of aromatic nitrogens is 1. The van der Waals surface area contributed by atoms with Crippen molar-refractivity contribution in [2.75, 3.05) is 6.61 Å². The smallest absolute Gasteiger partial charge is 0.233 e. The van der Waals surface area contributed by atoms with E-state index in [4.69, 9.17) is 10.6 Å². The summed E-state index contributed by atoms with van der Waals surface area (Å²) in [6.45, 7) is 4.62. The SMILES string of the molecule is CCc1nc(C)ccc1OCCCCC(=O)NN. The number of ether oxygens (including phenoxy) is 1. The van der Waals surface area contributed by atoms with Crippen LogP contribution in [0.25, 0.3) is 0 Å². The number of unbranched alkanes of at least 4 members (excludes halogenated alkanes) is 1. The summed E-state index contributed by atoms with van der Waals surface area (Å²) in [4.78, 5) is 15.3. The van der Waals surface area contributed by atoms with Gasteiger partial charge in [-0.3, -0.25) is 15.2 Å². The molecule has 5 heteroatoms. The Bertz CT molecular complexity index is 394. The molecule has 0 saturated carbocycles. The van der Waals surface area contributed by atoms with Gasteiger partial charge >= 0.3 is 0 Å². The Balaban J connectivity index is 2.33. The van der Waals surface area contributed by atoms with E-state index in [1.54, 1.807) is 0 Å². The monoisotopic (exact) mass is 251 g/mol. The number of carbonyl (C=O) groups excluding carboxylic acids is 1. The van der Waals surface area contributed by atoms with Crippen molar-refractivity contribution in [2.24, 2.45) is 5.84 Å². The topological polar surface area (TPSA) is 77.2 Å². The number of rotatable bonds is 7. The van der Waals surface area contributed by atoms with Gasteiger partial charge in [-0.25, -0.2) is 5.84 Å². The van der Waals surface area contributed by atoms with Crippen molar-refractivity contribution >= 4 is 5.91 Å². The number of pyridine rings is 1. The number of amides is 1. The van der Waals surface area contributed by atoms with Gasteiger partial charge in [-0.2, -0.15) is 0 Å². The van der Waals surface area contributed by atoms with Crippen molar-refractivity contribution in [1.82, 2.24) is 10.4 Å². The van der Waals surface area contributed by atoms with E-state index in [0.717, 1.165) is 36.4 Å². The van der Waals surface area contributed by atoms with Crippen LogP contribution in [0.15, 0.2) is 12.1 Å². The van der Waals surface area contributed by atoms with Crippen molar-refractivity contribution in [3.05, 3.63) is 23.5 Å². The summed E-state index contributed by atoms with van der Waals surface area (Å²) in [6, 6.07) is 3.89. The molecule has 0 atom stereocenters. The molecule has 0 unspecified atom stereocenters. The van der Waals surface area contributed by atoms with Crippen LogP contribution < -0.4 is 16.0 Å². The molecule has 100 valence electrons. The molecule has 0 aliphatic rings. The van der Waals surface area contributed by atoms with Crippen molar-refractivity contribution in [3.63, 3.8) is 0 Å². The first-order chi connectivity index (χ1) is 8.67. The number of carbonyl (C=O) groups is 1. The fourth-order valence-corrected chi connectivity index (χ4v) is 1.62. The Morgan fingerprint density at radius 2 is 2.22 bits per heavy atom. The summed E-state index contributed by atoms with van der Waals surface area (Å²) in [7, 11) is 0. The Labute approximate surface area is 108 Å². The molecule has 1 aromatic rings. The van der Waals surface area contributed by atoms with E-state index in [2.05, 4.69) is 17.3 Å². The van der Waals surface area contributed by atoms with Crippen LogP contribution in [0.1, 0.15) is 37.6 Å². The van der Waals surface area contributed by atoms with Crippen molar-refractivity contribution in [3.8, 4) is 5.75 Å². The number of hydrazine groups is 1. The van der Waals surface area contributed by atoms with Crippen LogP contribution in [0.5, 0.6) is 5.75 Å². The van der Waals surface area contributed by atoms with Gasteiger partial charge in [0.15, 0.2) is 0 Å². The van der Waals surface area contributed by atoms with Gasteiger partial charge in [0.1, 0.15) is 5.75 Å². The molecular formula is C13H21N3O2. The van der Waals surface area contributed by atoms with Crippen molar-refractivity contribution in [1.29, 1.82) is 0 Å². The first-order valence-corrected chi connectivity index (χ1v) is 6.26. The standard InChI is InChI=1S/C13H21N3O2/c1-3-11-12(8-7-10(2)15-11)18-9-5-4-6-13(17)16-14/h7-8H,3-6,9,14H2,1-2H3,(H,16,17). The molecule has 0 aliphatic carbocycles. The maximum Gasteiger partial charge on any atom is 0.233 e. The third-order valence-electron chi connectivity index (χ3n) is 2.62. The van der Waals surface area contributed by atoms with Gasteiger partial charge in [0, 0.05) is 12.1 Å². The minimum Gasteiger partial charge on any atom is -0.492 e. The molecule has 5 nitrogen and oxygen atoms in total. The number of nitrogens with two attached hydrogens (primary N) is 1. The van der Waals surface area contributed by atoms with Gasteiger partial charge in [-0.05, 0) is 38.3 Å². The molecule has 3 N–H and O–H groups in total. The Kier molecular flexibility index (Phi) is 6.14. The summed E-state index contributed by atoms with van der Waals surface area (Å²) in [5.74, 6) is 5.69. The normalized spacial score (nSPS) is 10.2. The highest BCUT2D eigenvalue weighted by Gasteiger charge is 2.04. The Hall–Kier alpha value is -1.62. The number of hydrogen-bond acceptors (Lipinski definition) is 4. The highest BCUT2D eigenvalue weighted by molar-refractivity contribution is 5.75. The van der Waals surface area contributed by atoms with Gasteiger partial charge in [0.25, 0.3) is 0 Å². The zero-order valence-electron chi connectivity index (χ0n) is 11.0. The van der Waals surface area contributed by atoms with E-state index >= 15 is 0 Å². The van der Waals surface area contributed by atoms with Gasteiger partial charge in [0.05, 0.1) is 12.3 Å². The van der Waals surface area contributed by atoms with Crippen LogP contribution in [0.2, 0.25) is 0 Å². The van der Waals surface area contributed by atoms with Crippen LogP contribution in [-0.4, -0.2) is 17.5 Å². The van der Waals surface area contributed by atoms with Gasteiger partial charge in [-0.15, -0.1) is 0 Å². The lowest BCUT2D eigenvalue weighted by Gasteiger charge is -2.10. The lowest BCUT2D eigenvalue weighted by molar-refractivity contribution is -0.121. The van der Waals surface area contributed by atoms with Crippen molar-refractivity contribution < 1.29 is 9.53 Å². The molecule has 0 aliphatic heterocycles. The summed E-state index contributed by atoms with van der Waals surface area (Å²) in [5, 5.41) is 0. The maximum absolute atomic E-state index is 10.9. The molecule has 1 amide bonds. The zero-order valence-corrected chi connectivity index (χ0v) is 11.0. The molecule has 0 bridgehead atoms. The lowest BCUT2D eigenvalue weighted by atomic mass is 10.2. The minimum absolute atomic E-state index is 0.138. The summed E-state index contributed by atoms with van der Waals surface area (Å²) >= 11 is 0. The molecule has 1 rings (SSSR count). The molecule has 0 radical (unpaired) electrons. The molecular weight excluding hydrogens is 230 g/mol. The summed E-state index contributed by atoms with van der Waals surface area (Å²) in [6.07, 6.45) is 2.88. The summed E-state index contributed by atoms with van der Waals surface area (Å²) < 4.78 is 5.67. The van der Waals surface area contributed by atoms with E-state index in [-0.39, 0.29) is 5.91 Å². The quantitative estimate of drug-likeness (QED) is 0.333. The molecule has 0 saturated heterocycles. The Morgan fingerprint density at radius 1 is 1.44 bits per heavy atom. The van der Waals surface area contributed by atoms with E-state index in [9.17, 15) is 4.79 Å². The maximum atomic E-state index is 10.9. The molecule has 0 fully saturated rings. The average molecular weight is 251 g/mol. The largest absolute Gasteiger partial charge is 0.492 e. The van der Waals surface area contributed by atoms with E-state index in [1.165, 1.54) is 0 Å². The number of hydrogen-bond donors (Lipinski definition) is 2. The predicted octanol–water partition coefficient (Wildman–Crippen LogP) is 1.49. The predicted molar refractivity (Wildman–Crippen MR) is 70.0 cm³/mol. The molecule has 0 spiro atoms.